The first-order valence-corrected chi connectivity index (χ1v) is 10.4. The van der Waals surface area contributed by atoms with E-state index in [9.17, 15) is 9.59 Å². The molecule has 1 aliphatic rings. The summed E-state index contributed by atoms with van der Waals surface area (Å²) in [5.41, 5.74) is 3.00. The Balaban J connectivity index is 2.22. The highest BCUT2D eigenvalue weighted by Crippen LogP contribution is 2.27. The zero-order valence-electron chi connectivity index (χ0n) is 17.6. The van der Waals surface area contributed by atoms with Crippen molar-refractivity contribution in [3.05, 3.63) is 23.8 Å². The Morgan fingerprint density at radius 2 is 1.85 bits per heavy atom. The van der Waals surface area contributed by atoms with Gasteiger partial charge in [-0.15, -0.1) is 0 Å². The number of carbonyl (C=O) groups excluding carboxylic acids is 2. The summed E-state index contributed by atoms with van der Waals surface area (Å²) in [5.74, 6) is -0.0314. The highest BCUT2D eigenvalue weighted by atomic mass is 16.2. The van der Waals surface area contributed by atoms with Crippen LogP contribution in [0.5, 0.6) is 0 Å². The van der Waals surface area contributed by atoms with Gasteiger partial charge in [0.2, 0.25) is 11.8 Å². The van der Waals surface area contributed by atoms with Gasteiger partial charge in [-0.2, -0.15) is 0 Å². The van der Waals surface area contributed by atoms with Gasteiger partial charge in [0.25, 0.3) is 0 Å². The first-order valence-electron chi connectivity index (χ1n) is 10.4. The van der Waals surface area contributed by atoms with Crippen LogP contribution in [-0.4, -0.2) is 48.9 Å². The summed E-state index contributed by atoms with van der Waals surface area (Å²) in [6.07, 6.45) is 4.29. The lowest BCUT2D eigenvalue weighted by Crippen LogP contribution is -2.48. The van der Waals surface area contributed by atoms with Crippen LogP contribution in [0.15, 0.2) is 18.2 Å². The lowest BCUT2D eigenvalue weighted by Gasteiger charge is -2.36. The number of anilines is 2. The monoisotopic (exact) mass is 373 g/mol. The molecule has 1 unspecified atom stereocenters. The van der Waals surface area contributed by atoms with Gasteiger partial charge in [-0.05, 0) is 70.2 Å². The molecule has 0 aliphatic carbocycles. The van der Waals surface area contributed by atoms with E-state index in [2.05, 4.69) is 31.7 Å². The standard InChI is InChI=1S/C22H35N3O2/c1-6-19-11-9-10-14-24(19)22(27)16-25(18(5)26)21-13-12-20(15-17(21)4)23(7-2)8-3/h12-13,15,19H,6-11,14,16H2,1-5H3. The molecule has 1 aromatic carbocycles. The maximum atomic E-state index is 13.0. The number of benzene rings is 1. The van der Waals surface area contributed by atoms with Gasteiger partial charge in [0.15, 0.2) is 0 Å². The number of aryl methyl sites for hydroxylation is 1. The van der Waals surface area contributed by atoms with Crippen molar-refractivity contribution in [1.29, 1.82) is 0 Å². The first kappa shape index (κ1) is 21.3. The van der Waals surface area contributed by atoms with Crippen LogP contribution in [-0.2, 0) is 9.59 Å². The minimum Gasteiger partial charge on any atom is -0.372 e. The highest BCUT2D eigenvalue weighted by molar-refractivity contribution is 5.98. The van der Waals surface area contributed by atoms with Crippen LogP contribution >= 0.6 is 0 Å². The molecule has 0 saturated carbocycles. The van der Waals surface area contributed by atoms with Crippen LogP contribution in [0.3, 0.4) is 0 Å². The Morgan fingerprint density at radius 3 is 2.41 bits per heavy atom. The minimum absolute atomic E-state index is 0.0592. The maximum Gasteiger partial charge on any atom is 0.242 e. The van der Waals surface area contributed by atoms with Gasteiger partial charge in [0.05, 0.1) is 0 Å². The van der Waals surface area contributed by atoms with E-state index in [1.807, 2.05) is 24.0 Å². The first-order chi connectivity index (χ1) is 12.9. The summed E-state index contributed by atoms with van der Waals surface area (Å²) in [5, 5.41) is 0. The summed E-state index contributed by atoms with van der Waals surface area (Å²) in [6, 6.07) is 6.45. The molecule has 1 fully saturated rings. The fourth-order valence-corrected chi connectivity index (χ4v) is 4.07. The predicted octanol–water partition coefficient (Wildman–Crippen LogP) is 3.99. The number of hydrogen-bond donors (Lipinski definition) is 0. The number of hydrogen-bond acceptors (Lipinski definition) is 3. The topological polar surface area (TPSA) is 43.9 Å². The number of rotatable bonds is 7. The van der Waals surface area contributed by atoms with Gasteiger partial charge in [0, 0.05) is 44.0 Å². The number of piperidine rings is 1. The van der Waals surface area contributed by atoms with Crippen molar-refractivity contribution in [2.75, 3.05) is 36.0 Å². The normalized spacial score (nSPS) is 16.9. The fourth-order valence-electron chi connectivity index (χ4n) is 4.07. The average Bonchev–Trinajstić information content (AvgIpc) is 2.67. The quantitative estimate of drug-likeness (QED) is 0.726. The Kier molecular flexibility index (Phi) is 7.69. The summed E-state index contributed by atoms with van der Waals surface area (Å²) < 4.78 is 0. The van der Waals surface area contributed by atoms with Crippen LogP contribution in [0.1, 0.15) is 58.9 Å². The summed E-state index contributed by atoms with van der Waals surface area (Å²) in [4.78, 5) is 31.2. The average molecular weight is 374 g/mol. The zero-order valence-corrected chi connectivity index (χ0v) is 17.6. The Morgan fingerprint density at radius 1 is 1.15 bits per heavy atom. The third-order valence-corrected chi connectivity index (χ3v) is 5.69. The highest BCUT2D eigenvalue weighted by Gasteiger charge is 2.28. The van der Waals surface area contributed by atoms with E-state index < -0.39 is 0 Å². The molecule has 1 aromatic rings. The second-order valence-electron chi connectivity index (χ2n) is 7.39. The molecule has 0 radical (unpaired) electrons. The van der Waals surface area contributed by atoms with Crippen molar-refractivity contribution < 1.29 is 9.59 Å². The van der Waals surface area contributed by atoms with Crippen molar-refractivity contribution in [3.63, 3.8) is 0 Å². The van der Waals surface area contributed by atoms with Gasteiger partial charge >= 0.3 is 0 Å². The van der Waals surface area contributed by atoms with Crippen molar-refractivity contribution in [2.45, 2.75) is 66.3 Å². The molecule has 0 spiro atoms. The largest absolute Gasteiger partial charge is 0.372 e. The van der Waals surface area contributed by atoms with Gasteiger partial charge in [-0.1, -0.05) is 6.92 Å². The Labute approximate surface area is 164 Å². The van der Waals surface area contributed by atoms with Crippen LogP contribution in [0.4, 0.5) is 11.4 Å². The van der Waals surface area contributed by atoms with E-state index in [1.165, 1.54) is 6.42 Å². The van der Waals surface area contributed by atoms with E-state index in [1.54, 1.807) is 11.8 Å². The summed E-state index contributed by atoms with van der Waals surface area (Å²) in [6.45, 7) is 12.8. The fraction of sp³-hybridized carbons (Fsp3) is 0.636. The van der Waals surface area contributed by atoms with Crippen LogP contribution < -0.4 is 9.80 Å². The molecule has 1 saturated heterocycles. The molecule has 1 aliphatic heterocycles. The summed E-state index contributed by atoms with van der Waals surface area (Å²) >= 11 is 0. The van der Waals surface area contributed by atoms with Crippen LogP contribution in [0, 0.1) is 6.92 Å². The maximum absolute atomic E-state index is 13.0. The number of amides is 2. The van der Waals surface area contributed by atoms with E-state index in [4.69, 9.17) is 0 Å². The predicted molar refractivity (Wildman–Crippen MR) is 112 cm³/mol. The number of likely N-dealkylation sites (tertiary alicyclic amines) is 1. The van der Waals surface area contributed by atoms with Crippen LogP contribution in [0.2, 0.25) is 0 Å². The van der Waals surface area contributed by atoms with Crippen LogP contribution in [0.25, 0.3) is 0 Å². The molecule has 0 aromatic heterocycles. The van der Waals surface area contributed by atoms with Crippen molar-refractivity contribution in [1.82, 2.24) is 4.90 Å². The van der Waals surface area contributed by atoms with E-state index in [0.29, 0.717) is 6.04 Å². The van der Waals surface area contributed by atoms with Gasteiger partial charge in [0.1, 0.15) is 6.54 Å². The molecular formula is C22H35N3O2. The third-order valence-electron chi connectivity index (χ3n) is 5.69. The Hall–Kier alpha value is -2.04. The van der Waals surface area contributed by atoms with Crippen molar-refractivity contribution in [3.8, 4) is 0 Å². The van der Waals surface area contributed by atoms with Gasteiger partial charge < -0.3 is 14.7 Å². The second-order valence-corrected chi connectivity index (χ2v) is 7.39. The molecule has 150 valence electrons. The lowest BCUT2D eigenvalue weighted by molar-refractivity contribution is -0.134. The molecule has 0 N–H and O–H groups in total. The molecule has 2 amide bonds. The smallest absolute Gasteiger partial charge is 0.242 e. The molecule has 1 heterocycles. The minimum atomic E-state index is -0.0907. The Bertz CT molecular complexity index is 655. The molecule has 5 nitrogen and oxygen atoms in total. The third kappa shape index (κ3) is 5.02. The molecular weight excluding hydrogens is 338 g/mol. The molecule has 0 bridgehead atoms. The molecule has 27 heavy (non-hydrogen) atoms. The zero-order chi connectivity index (χ0) is 20.0. The number of carbonyl (C=O) groups is 2. The van der Waals surface area contributed by atoms with E-state index in [0.717, 1.165) is 55.8 Å². The SMILES string of the molecule is CCC1CCCCN1C(=O)CN(C(C)=O)c1ccc(N(CC)CC)cc1C. The molecule has 2 rings (SSSR count). The van der Waals surface area contributed by atoms with Crippen molar-refractivity contribution >= 4 is 23.2 Å². The molecule has 5 heteroatoms. The second kappa shape index (κ2) is 9.77. The van der Waals surface area contributed by atoms with Gasteiger partial charge in [-0.3, -0.25) is 9.59 Å². The van der Waals surface area contributed by atoms with Gasteiger partial charge in [-0.25, -0.2) is 0 Å². The van der Waals surface area contributed by atoms with Crippen molar-refractivity contribution in [2.24, 2.45) is 0 Å². The lowest BCUT2D eigenvalue weighted by atomic mass is 10.00. The van der Waals surface area contributed by atoms with E-state index in [-0.39, 0.29) is 18.4 Å². The molecule has 1 atom stereocenters. The number of nitrogens with zero attached hydrogens (tertiary/aromatic N) is 3. The van der Waals surface area contributed by atoms with E-state index >= 15 is 0 Å². The summed E-state index contributed by atoms with van der Waals surface area (Å²) in [7, 11) is 0.